The molecule has 1 saturated heterocycles. The molecule has 1 fully saturated rings. The highest BCUT2D eigenvalue weighted by molar-refractivity contribution is 7.21. The van der Waals surface area contributed by atoms with E-state index in [9.17, 15) is 4.79 Å². The molecule has 0 aliphatic carbocycles. The Morgan fingerprint density at radius 3 is 2.86 bits per heavy atom. The molecule has 0 radical (unpaired) electrons. The molecule has 4 nitrogen and oxygen atoms in total. The molecule has 22 heavy (non-hydrogen) atoms. The van der Waals surface area contributed by atoms with Crippen LogP contribution >= 0.6 is 23.7 Å². The van der Waals surface area contributed by atoms with Gasteiger partial charge in [0.25, 0.3) is 5.91 Å². The van der Waals surface area contributed by atoms with Gasteiger partial charge < -0.3 is 15.4 Å². The zero-order chi connectivity index (χ0) is 14.8. The molecule has 1 aromatic carbocycles. The summed E-state index contributed by atoms with van der Waals surface area (Å²) in [6.45, 7) is 6.25. The number of rotatable bonds is 3. The van der Waals surface area contributed by atoms with E-state index in [1.165, 1.54) is 0 Å². The molecule has 1 aliphatic heterocycles. The highest BCUT2D eigenvalue weighted by Crippen LogP contribution is 2.37. The number of hydrogen-bond donors (Lipinski definition) is 2. The number of fused-ring (bicyclic) bond motifs is 1. The fourth-order valence-electron chi connectivity index (χ4n) is 2.63. The summed E-state index contributed by atoms with van der Waals surface area (Å²) in [6, 6.07) is 8.28. The second-order valence-electron chi connectivity index (χ2n) is 5.53. The van der Waals surface area contributed by atoms with E-state index in [0.717, 1.165) is 33.6 Å². The highest BCUT2D eigenvalue weighted by atomic mass is 35.5. The van der Waals surface area contributed by atoms with Crippen molar-refractivity contribution in [2.45, 2.75) is 26.0 Å². The zero-order valence-electron chi connectivity index (χ0n) is 12.7. The molecule has 120 valence electrons. The first kappa shape index (κ1) is 17.2. The van der Waals surface area contributed by atoms with Crippen LogP contribution in [0.15, 0.2) is 24.3 Å². The Morgan fingerprint density at radius 1 is 1.41 bits per heavy atom. The maximum Gasteiger partial charge on any atom is 0.261 e. The molecule has 1 aliphatic rings. The Hall–Kier alpha value is -1.14. The third-order valence-corrected chi connectivity index (χ3v) is 4.69. The van der Waals surface area contributed by atoms with E-state index in [0.29, 0.717) is 6.61 Å². The number of hydrogen-bond acceptors (Lipinski definition) is 4. The van der Waals surface area contributed by atoms with Crippen LogP contribution in [0.5, 0.6) is 0 Å². The van der Waals surface area contributed by atoms with Crippen LogP contribution < -0.4 is 10.6 Å². The van der Waals surface area contributed by atoms with Gasteiger partial charge in [-0.3, -0.25) is 4.79 Å². The van der Waals surface area contributed by atoms with E-state index in [1.54, 1.807) is 11.3 Å². The van der Waals surface area contributed by atoms with E-state index in [1.807, 2.05) is 26.0 Å². The van der Waals surface area contributed by atoms with E-state index in [2.05, 4.69) is 22.8 Å². The van der Waals surface area contributed by atoms with Crippen LogP contribution in [0.3, 0.4) is 0 Å². The third-order valence-electron chi connectivity index (χ3n) is 3.51. The number of morpholine rings is 1. The molecule has 1 aromatic heterocycles. The van der Waals surface area contributed by atoms with Gasteiger partial charge in [-0.25, -0.2) is 0 Å². The molecule has 2 heterocycles. The summed E-state index contributed by atoms with van der Waals surface area (Å²) < 4.78 is 7.03. The number of carbonyl (C=O) groups excluding carboxylic acids is 1. The van der Waals surface area contributed by atoms with Crippen LogP contribution in [0.4, 0.5) is 0 Å². The second-order valence-corrected chi connectivity index (χ2v) is 6.58. The van der Waals surface area contributed by atoms with Gasteiger partial charge in [0.15, 0.2) is 0 Å². The molecule has 0 spiro atoms. The van der Waals surface area contributed by atoms with Gasteiger partial charge in [0.1, 0.15) is 0 Å². The van der Waals surface area contributed by atoms with E-state index < -0.39 is 0 Å². The first-order chi connectivity index (χ1) is 10.2. The van der Waals surface area contributed by atoms with Crippen molar-refractivity contribution >= 4 is 39.7 Å². The predicted molar refractivity (Wildman–Crippen MR) is 93.2 cm³/mol. The number of carbonyl (C=O) groups is 1. The SMILES string of the molecule is CC(C)NC(=O)c1sc2ccccc2c1C1CNCCO1.Cl. The van der Waals surface area contributed by atoms with Crippen molar-refractivity contribution in [3.63, 3.8) is 0 Å². The van der Waals surface area contributed by atoms with Gasteiger partial charge in [-0.15, -0.1) is 23.7 Å². The smallest absolute Gasteiger partial charge is 0.261 e. The van der Waals surface area contributed by atoms with E-state index in [-0.39, 0.29) is 30.5 Å². The van der Waals surface area contributed by atoms with Crippen LogP contribution in [0.25, 0.3) is 10.1 Å². The van der Waals surface area contributed by atoms with Crippen molar-refractivity contribution in [1.82, 2.24) is 10.6 Å². The van der Waals surface area contributed by atoms with Crippen LogP contribution in [-0.2, 0) is 4.74 Å². The summed E-state index contributed by atoms with van der Waals surface area (Å²) in [7, 11) is 0. The largest absolute Gasteiger partial charge is 0.371 e. The van der Waals surface area contributed by atoms with Gasteiger partial charge >= 0.3 is 0 Å². The molecule has 0 bridgehead atoms. The Morgan fingerprint density at radius 2 is 2.18 bits per heavy atom. The van der Waals surface area contributed by atoms with Crippen LogP contribution in [0, 0.1) is 0 Å². The number of ether oxygens (including phenoxy) is 1. The summed E-state index contributed by atoms with van der Waals surface area (Å²) in [6.07, 6.45) is -0.0530. The third kappa shape index (κ3) is 3.43. The highest BCUT2D eigenvalue weighted by Gasteiger charge is 2.27. The summed E-state index contributed by atoms with van der Waals surface area (Å²) in [5.41, 5.74) is 1.03. The lowest BCUT2D eigenvalue weighted by atomic mass is 10.0. The molecule has 2 aromatic rings. The monoisotopic (exact) mass is 340 g/mol. The maximum absolute atomic E-state index is 12.5. The average Bonchev–Trinajstić information content (AvgIpc) is 2.87. The first-order valence-corrected chi connectivity index (χ1v) is 8.13. The summed E-state index contributed by atoms with van der Waals surface area (Å²) >= 11 is 1.55. The van der Waals surface area contributed by atoms with Gasteiger partial charge in [-0.05, 0) is 25.3 Å². The lowest BCUT2D eigenvalue weighted by Gasteiger charge is -2.24. The lowest BCUT2D eigenvalue weighted by Crippen LogP contribution is -2.35. The van der Waals surface area contributed by atoms with Crippen molar-refractivity contribution in [2.24, 2.45) is 0 Å². The normalized spacial score (nSPS) is 18.2. The molecular weight excluding hydrogens is 320 g/mol. The van der Waals surface area contributed by atoms with Crippen LogP contribution in [-0.4, -0.2) is 31.6 Å². The molecule has 0 saturated carbocycles. The predicted octanol–water partition coefficient (Wildman–Crippen LogP) is 3.12. The Balaban J connectivity index is 0.00000176. The summed E-state index contributed by atoms with van der Waals surface area (Å²) in [4.78, 5) is 13.3. The molecule has 1 amide bonds. The van der Waals surface area contributed by atoms with Gasteiger partial charge in [0.2, 0.25) is 0 Å². The molecule has 3 rings (SSSR count). The first-order valence-electron chi connectivity index (χ1n) is 7.31. The zero-order valence-corrected chi connectivity index (χ0v) is 14.4. The average molecular weight is 341 g/mol. The van der Waals surface area contributed by atoms with Crippen LogP contribution in [0.1, 0.15) is 35.2 Å². The van der Waals surface area contributed by atoms with Gasteiger partial charge in [0, 0.05) is 29.4 Å². The number of amides is 1. The molecule has 6 heteroatoms. The molecule has 1 unspecified atom stereocenters. The lowest BCUT2D eigenvalue weighted by molar-refractivity contribution is 0.0282. The van der Waals surface area contributed by atoms with Crippen molar-refractivity contribution in [3.05, 3.63) is 34.7 Å². The van der Waals surface area contributed by atoms with Gasteiger partial charge in [-0.2, -0.15) is 0 Å². The van der Waals surface area contributed by atoms with Crippen LogP contribution in [0.2, 0.25) is 0 Å². The fourth-order valence-corrected chi connectivity index (χ4v) is 3.79. The molecule has 1 atom stereocenters. The molecular formula is C16H21ClN2O2S. The van der Waals surface area contributed by atoms with Crippen molar-refractivity contribution in [2.75, 3.05) is 19.7 Å². The van der Waals surface area contributed by atoms with E-state index in [4.69, 9.17) is 4.74 Å². The van der Waals surface area contributed by atoms with Gasteiger partial charge in [-0.1, -0.05) is 18.2 Å². The summed E-state index contributed by atoms with van der Waals surface area (Å²) in [5.74, 6) is -0.00428. The minimum atomic E-state index is -0.0530. The number of halogens is 1. The van der Waals surface area contributed by atoms with Crippen molar-refractivity contribution in [1.29, 1.82) is 0 Å². The number of nitrogens with one attached hydrogen (secondary N) is 2. The fraction of sp³-hybridized carbons (Fsp3) is 0.438. The minimum Gasteiger partial charge on any atom is -0.371 e. The Labute approximate surface area is 140 Å². The van der Waals surface area contributed by atoms with E-state index >= 15 is 0 Å². The topological polar surface area (TPSA) is 50.4 Å². The minimum absolute atomic E-state index is 0. The standard InChI is InChI=1S/C16H20N2O2S.ClH/c1-10(2)18-16(19)15-14(12-9-17-7-8-20-12)11-5-3-4-6-13(11)21-15;/h3-6,10,12,17H,7-9H2,1-2H3,(H,18,19);1H. The van der Waals surface area contributed by atoms with Crippen molar-refractivity contribution < 1.29 is 9.53 Å². The second kappa shape index (κ2) is 7.42. The molecule has 2 N–H and O–H groups in total. The quantitative estimate of drug-likeness (QED) is 0.902. The number of benzene rings is 1. The summed E-state index contributed by atoms with van der Waals surface area (Å²) in [5, 5.41) is 7.47. The maximum atomic E-state index is 12.5. The Kier molecular flexibility index (Phi) is 5.81. The van der Waals surface area contributed by atoms with Gasteiger partial charge in [0.05, 0.1) is 17.6 Å². The number of thiophene rings is 1. The van der Waals surface area contributed by atoms with Crippen molar-refractivity contribution in [3.8, 4) is 0 Å². The Bertz CT molecular complexity index is 651.